The Balaban J connectivity index is 1.76. The van der Waals surface area contributed by atoms with Crippen LogP contribution in [0.25, 0.3) is 10.2 Å². The van der Waals surface area contributed by atoms with Gasteiger partial charge in [0.2, 0.25) is 0 Å². The fourth-order valence-electron chi connectivity index (χ4n) is 1.99. The zero-order chi connectivity index (χ0) is 15.0. The monoisotopic (exact) mass is 307 g/mol. The molecule has 6 nitrogen and oxygen atoms in total. The Hall–Kier alpha value is -1.73. The molecule has 21 heavy (non-hydrogen) atoms. The lowest BCUT2D eigenvalue weighted by atomic mass is 10.3. The van der Waals surface area contributed by atoms with E-state index in [0.29, 0.717) is 28.6 Å². The molecule has 1 N–H and O–H groups in total. The lowest BCUT2D eigenvalue weighted by molar-refractivity contribution is -0.127. The summed E-state index contributed by atoms with van der Waals surface area (Å²) in [5.74, 6) is 0.712. The molecule has 0 spiro atoms. The number of carbonyl (C=O) groups is 1. The van der Waals surface area contributed by atoms with E-state index in [4.69, 9.17) is 4.74 Å². The molecule has 0 aromatic carbocycles. The first kappa shape index (κ1) is 14.2. The van der Waals surface area contributed by atoms with Gasteiger partial charge in [0.25, 0.3) is 11.5 Å². The highest BCUT2D eigenvalue weighted by molar-refractivity contribution is 7.16. The van der Waals surface area contributed by atoms with E-state index < -0.39 is 6.10 Å². The van der Waals surface area contributed by atoms with Gasteiger partial charge in [0.1, 0.15) is 16.8 Å². The van der Waals surface area contributed by atoms with E-state index >= 15 is 0 Å². The number of hydrogen-bond acceptors (Lipinski definition) is 5. The van der Waals surface area contributed by atoms with Crippen LogP contribution in [0.15, 0.2) is 16.2 Å². The zero-order valence-corrected chi connectivity index (χ0v) is 12.8. The SMILES string of the molecule is Cc1nc2sccc2c(=O)n1NC(=O)[C@@H](C)OCC1CC1. The molecule has 0 bridgehead atoms. The van der Waals surface area contributed by atoms with Gasteiger partial charge in [-0.3, -0.25) is 15.0 Å². The molecule has 2 heterocycles. The summed E-state index contributed by atoms with van der Waals surface area (Å²) in [7, 11) is 0. The number of aryl methyl sites for hydroxylation is 1. The van der Waals surface area contributed by atoms with Crippen molar-refractivity contribution in [1.82, 2.24) is 9.66 Å². The van der Waals surface area contributed by atoms with E-state index in [2.05, 4.69) is 10.4 Å². The van der Waals surface area contributed by atoms with Crippen molar-refractivity contribution < 1.29 is 9.53 Å². The molecule has 1 aliphatic carbocycles. The molecule has 0 unspecified atom stereocenters. The number of nitrogens with zero attached hydrogens (tertiary/aromatic N) is 2. The highest BCUT2D eigenvalue weighted by Gasteiger charge is 2.24. The average Bonchev–Trinajstić information content (AvgIpc) is 3.17. The van der Waals surface area contributed by atoms with E-state index in [1.165, 1.54) is 28.9 Å². The summed E-state index contributed by atoms with van der Waals surface area (Å²) in [6.45, 7) is 3.98. The highest BCUT2D eigenvalue weighted by atomic mass is 32.1. The van der Waals surface area contributed by atoms with Gasteiger partial charge in [-0.25, -0.2) is 9.66 Å². The predicted octanol–water partition coefficient (Wildman–Crippen LogP) is 1.65. The van der Waals surface area contributed by atoms with Crippen molar-refractivity contribution >= 4 is 27.5 Å². The van der Waals surface area contributed by atoms with Crippen molar-refractivity contribution in [1.29, 1.82) is 0 Å². The van der Waals surface area contributed by atoms with Crippen LogP contribution >= 0.6 is 11.3 Å². The molecule has 1 amide bonds. The molecule has 7 heteroatoms. The third kappa shape index (κ3) is 2.98. The lowest BCUT2D eigenvalue weighted by Gasteiger charge is -2.15. The number of carbonyl (C=O) groups excluding carboxylic acids is 1. The van der Waals surface area contributed by atoms with Gasteiger partial charge in [-0.05, 0) is 44.1 Å². The van der Waals surface area contributed by atoms with Gasteiger partial charge in [0.05, 0.1) is 12.0 Å². The van der Waals surface area contributed by atoms with Crippen LogP contribution in [0.2, 0.25) is 0 Å². The number of rotatable bonds is 5. The third-order valence-electron chi connectivity index (χ3n) is 3.54. The van der Waals surface area contributed by atoms with Gasteiger partial charge in [-0.1, -0.05) is 0 Å². The minimum Gasteiger partial charge on any atom is -0.368 e. The van der Waals surface area contributed by atoms with Crippen LogP contribution in [0, 0.1) is 12.8 Å². The van der Waals surface area contributed by atoms with E-state index in [1.807, 2.05) is 5.38 Å². The van der Waals surface area contributed by atoms with Crippen LogP contribution in [0.4, 0.5) is 0 Å². The van der Waals surface area contributed by atoms with Crippen molar-refractivity contribution in [3.8, 4) is 0 Å². The fraction of sp³-hybridized carbons (Fsp3) is 0.500. The van der Waals surface area contributed by atoms with Gasteiger partial charge < -0.3 is 4.74 Å². The minimum atomic E-state index is -0.588. The smallest absolute Gasteiger partial charge is 0.281 e. The van der Waals surface area contributed by atoms with Gasteiger partial charge in [-0.2, -0.15) is 0 Å². The summed E-state index contributed by atoms with van der Waals surface area (Å²) in [5.41, 5.74) is 2.32. The Morgan fingerprint density at radius 1 is 1.62 bits per heavy atom. The van der Waals surface area contributed by atoms with Crippen LogP contribution in [0.5, 0.6) is 0 Å². The van der Waals surface area contributed by atoms with Crippen LogP contribution in [-0.4, -0.2) is 28.3 Å². The molecule has 0 saturated heterocycles. The molecule has 3 rings (SSSR count). The molecule has 0 aliphatic heterocycles. The van der Waals surface area contributed by atoms with Crippen LogP contribution in [0.1, 0.15) is 25.6 Å². The maximum atomic E-state index is 12.3. The van der Waals surface area contributed by atoms with Crippen molar-refractivity contribution in [3.05, 3.63) is 27.6 Å². The number of aromatic nitrogens is 2. The molecule has 0 radical (unpaired) electrons. The maximum absolute atomic E-state index is 12.3. The van der Waals surface area contributed by atoms with Crippen molar-refractivity contribution in [2.75, 3.05) is 12.0 Å². The number of hydrogen-bond donors (Lipinski definition) is 1. The Labute approximate surface area is 125 Å². The number of ether oxygens (including phenoxy) is 1. The molecular formula is C14H17N3O3S. The number of amides is 1. The van der Waals surface area contributed by atoms with Crippen LogP contribution in [-0.2, 0) is 9.53 Å². The summed E-state index contributed by atoms with van der Waals surface area (Å²) in [6, 6.07) is 1.71. The fourth-order valence-corrected chi connectivity index (χ4v) is 2.79. The summed E-state index contributed by atoms with van der Waals surface area (Å²) < 4.78 is 6.70. The maximum Gasteiger partial charge on any atom is 0.281 e. The Kier molecular flexibility index (Phi) is 3.77. The number of nitrogens with one attached hydrogen (secondary N) is 1. The largest absolute Gasteiger partial charge is 0.368 e. The Morgan fingerprint density at radius 3 is 3.10 bits per heavy atom. The second-order valence-electron chi connectivity index (χ2n) is 5.33. The summed E-state index contributed by atoms with van der Waals surface area (Å²) >= 11 is 1.41. The topological polar surface area (TPSA) is 73.2 Å². The van der Waals surface area contributed by atoms with Gasteiger partial charge >= 0.3 is 0 Å². The molecule has 112 valence electrons. The second-order valence-corrected chi connectivity index (χ2v) is 6.23. The second kappa shape index (κ2) is 5.57. The standard InChI is InChI=1S/C14H17N3O3S/c1-8(20-7-10-3-4-10)12(18)16-17-9(2)15-13-11(14(17)19)5-6-21-13/h5-6,8,10H,3-4,7H2,1-2H3,(H,16,18)/t8-/m1/s1. The number of thiophene rings is 1. The molecule has 2 aromatic rings. The third-order valence-corrected chi connectivity index (χ3v) is 4.34. The normalized spacial score (nSPS) is 16.1. The van der Waals surface area contributed by atoms with E-state index in [-0.39, 0.29) is 11.5 Å². The Bertz CT molecular complexity index is 733. The zero-order valence-electron chi connectivity index (χ0n) is 12.0. The van der Waals surface area contributed by atoms with E-state index in [0.717, 1.165) is 0 Å². The summed E-state index contributed by atoms with van der Waals surface area (Å²) in [6.07, 6.45) is 1.76. The van der Waals surface area contributed by atoms with Gasteiger partial charge in [-0.15, -0.1) is 11.3 Å². The van der Waals surface area contributed by atoms with Crippen molar-refractivity contribution in [2.24, 2.45) is 5.92 Å². The first-order chi connectivity index (χ1) is 10.1. The predicted molar refractivity (Wildman–Crippen MR) is 81.1 cm³/mol. The van der Waals surface area contributed by atoms with Gasteiger partial charge in [0.15, 0.2) is 0 Å². The molecule has 1 fully saturated rings. The lowest BCUT2D eigenvalue weighted by Crippen LogP contribution is -2.40. The molecule has 1 atom stereocenters. The summed E-state index contributed by atoms with van der Waals surface area (Å²) in [4.78, 5) is 29.4. The molecule has 1 saturated carbocycles. The molecule has 2 aromatic heterocycles. The Morgan fingerprint density at radius 2 is 2.38 bits per heavy atom. The summed E-state index contributed by atoms with van der Waals surface area (Å²) in [5, 5.41) is 2.32. The number of fused-ring (bicyclic) bond motifs is 1. The van der Waals surface area contributed by atoms with Crippen LogP contribution < -0.4 is 11.0 Å². The average molecular weight is 307 g/mol. The first-order valence-electron chi connectivity index (χ1n) is 6.95. The molecule has 1 aliphatic rings. The van der Waals surface area contributed by atoms with Crippen molar-refractivity contribution in [2.45, 2.75) is 32.8 Å². The van der Waals surface area contributed by atoms with Crippen molar-refractivity contribution in [3.63, 3.8) is 0 Å². The van der Waals surface area contributed by atoms with E-state index in [9.17, 15) is 9.59 Å². The quantitative estimate of drug-likeness (QED) is 0.911. The minimum absolute atomic E-state index is 0.263. The van der Waals surface area contributed by atoms with E-state index in [1.54, 1.807) is 19.9 Å². The first-order valence-corrected chi connectivity index (χ1v) is 7.83. The van der Waals surface area contributed by atoms with Gasteiger partial charge in [0, 0.05) is 0 Å². The molecular weight excluding hydrogens is 290 g/mol. The highest BCUT2D eigenvalue weighted by Crippen LogP contribution is 2.29. The van der Waals surface area contributed by atoms with Crippen LogP contribution in [0.3, 0.4) is 0 Å².